The molecule has 2 N–H and O–H groups in total. The van der Waals surface area contributed by atoms with Crippen molar-refractivity contribution < 1.29 is 4.74 Å². The molecule has 0 unspecified atom stereocenters. The summed E-state index contributed by atoms with van der Waals surface area (Å²) in [5.41, 5.74) is 9.56. The molecule has 4 heteroatoms. The predicted octanol–water partition coefficient (Wildman–Crippen LogP) is 2.27. The van der Waals surface area contributed by atoms with E-state index in [4.69, 9.17) is 15.5 Å². The van der Waals surface area contributed by atoms with Crippen molar-refractivity contribution in [2.75, 3.05) is 31.2 Å². The van der Waals surface area contributed by atoms with E-state index < -0.39 is 0 Å². The van der Waals surface area contributed by atoms with Crippen LogP contribution >= 0.6 is 0 Å². The van der Waals surface area contributed by atoms with Crippen LogP contribution < -0.4 is 10.6 Å². The van der Waals surface area contributed by atoms with Gasteiger partial charge in [-0.05, 0) is 24.1 Å². The van der Waals surface area contributed by atoms with E-state index in [0.29, 0.717) is 0 Å². The third-order valence-corrected chi connectivity index (χ3v) is 3.94. The van der Waals surface area contributed by atoms with Gasteiger partial charge in [-0.3, -0.25) is 0 Å². The molecule has 0 aliphatic carbocycles. The number of anilines is 1. The van der Waals surface area contributed by atoms with Gasteiger partial charge in [0.25, 0.3) is 0 Å². The molecule has 1 aliphatic heterocycles. The number of ether oxygens (including phenoxy) is 1. The van der Waals surface area contributed by atoms with Crippen LogP contribution in [0.15, 0.2) is 42.5 Å². The van der Waals surface area contributed by atoms with Crippen molar-refractivity contribution in [1.29, 1.82) is 0 Å². The van der Waals surface area contributed by atoms with E-state index in [1.807, 2.05) is 25.1 Å². The van der Waals surface area contributed by atoms with E-state index in [0.717, 1.165) is 48.9 Å². The summed E-state index contributed by atoms with van der Waals surface area (Å²) in [7, 11) is 0. The van der Waals surface area contributed by atoms with E-state index in [-0.39, 0.29) is 6.04 Å². The third kappa shape index (κ3) is 3.06. The molecule has 2 aromatic rings. The number of hydrogen-bond donors (Lipinski definition) is 1. The number of pyridine rings is 1. The molecule has 1 fully saturated rings. The van der Waals surface area contributed by atoms with Crippen LogP contribution in [0.5, 0.6) is 0 Å². The van der Waals surface area contributed by atoms with Crippen LogP contribution in [0.4, 0.5) is 5.82 Å². The van der Waals surface area contributed by atoms with Gasteiger partial charge < -0.3 is 15.4 Å². The minimum Gasteiger partial charge on any atom is -0.378 e. The lowest BCUT2D eigenvalue weighted by Crippen LogP contribution is -2.36. The molecule has 110 valence electrons. The van der Waals surface area contributed by atoms with Crippen LogP contribution in [0.2, 0.25) is 0 Å². The van der Waals surface area contributed by atoms with Crippen molar-refractivity contribution >= 4 is 5.82 Å². The number of aryl methyl sites for hydroxylation is 1. The lowest BCUT2D eigenvalue weighted by Gasteiger charge is -2.28. The van der Waals surface area contributed by atoms with Gasteiger partial charge in [0.05, 0.1) is 19.3 Å². The molecule has 1 saturated heterocycles. The Bertz CT molecular complexity index is 594. The SMILES string of the molecule is Cc1nc(N2CCOCC2)ccc1[C@H](N)c1ccccc1. The number of nitrogens with zero attached hydrogens (tertiary/aromatic N) is 2. The molecule has 1 aliphatic rings. The zero-order valence-corrected chi connectivity index (χ0v) is 12.3. The highest BCUT2D eigenvalue weighted by Crippen LogP contribution is 2.24. The average Bonchev–Trinajstić information content (AvgIpc) is 2.56. The second-order valence-electron chi connectivity index (χ2n) is 5.33. The highest BCUT2D eigenvalue weighted by Gasteiger charge is 2.16. The monoisotopic (exact) mass is 283 g/mol. The Morgan fingerprint density at radius 3 is 2.48 bits per heavy atom. The Balaban J connectivity index is 1.84. The van der Waals surface area contributed by atoms with Crippen LogP contribution in [0, 0.1) is 6.92 Å². The van der Waals surface area contributed by atoms with Crippen LogP contribution in [0.1, 0.15) is 22.9 Å². The van der Waals surface area contributed by atoms with Gasteiger partial charge in [0, 0.05) is 18.8 Å². The summed E-state index contributed by atoms with van der Waals surface area (Å²) in [5, 5.41) is 0. The summed E-state index contributed by atoms with van der Waals surface area (Å²) in [5.74, 6) is 1.01. The van der Waals surface area contributed by atoms with Crippen LogP contribution in [-0.2, 0) is 4.74 Å². The molecule has 21 heavy (non-hydrogen) atoms. The Morgan fingerprint density at radius 1 is 1.10 bits per heavy atom. The largest absolute Gasteiger partial charge is 0.378 e. The number of aromatic nitrogens is 1. The van der Waals surface area contributed by atoms with Crippen molar-refractivity contribution in [3.8, 4) is 0 Å². The fourth-order valence-electron chi connectivity index (χ4n) is 2.70. The van der Waals surface area contributed by atoms with E-state index in [9.17, 15) is 0 Å². The van der Waals surface area contributed by atoms with Crippen LogP contribution in [0.25, 0.3) is 0 Å². The van der Waals surface area contributed by atoms with Gasteiger partial charge in [-0.1, -0.05) is 36.4 Å². The molecular weight excluding hydrogens is 262 g/mol. The van der Waals surface area contributed by atoms with Gasteiger partial charge in [-0.15, -0.1) is 0 Å². The maximum atomic E-state index is 6.37. The smallest absolute Gasteiger partial charge is 0.128 e. The van der Waals surface area contributed by atoms with E-state index >= 15 is 0 Å². The fourth-order valence-corrected chi connectivity index (χ4v) is 2.70. The second-order valence-corrected chi connectivity index (χ2v) is 5.33. The number of hydrogen-bond acceptors (Lipinski definition) is 4. The maximum Gasteiger partial charge on any atom is 0.128 e. The first-order valence-electron chi connectivity index (χ1n) is 7.36. The molecule has 3 rings (SSSR count). The molecule has 0 spiro atoms. The number of benzene rings is 1. The van der Waals surface area contributed by atoms with Gasteiger partial charge in [-0.2, -0.15) is 0 Å². The minimum atomic E-state index is -0.127. The molecule has 1 aromatic heterocycles. The molecule has 4 nitrogen and oxygen atoms in total. The quantitative estimate of drug-likeness (QED) is 0.939. The molecule has 1 atom stereocenters. The number of nitrogens with two attached hydrogens (primary N) is 1. The average molecular weight is 283 g/mol. The molecule has 0 bridgehead atoms. The summed E-state index contributed by atoms with van der Waals surface area (Å²) in [6.45, 7) is 5.37. The van der Waals surface area contributed by atoms with Crippen molar-refractivity contribution in [2.24, 2.45) is 5.73 Å². The number of morpholine rings is 1. The van der Waals surface area contributed by atoms with Crippen molar-refractivity contribution in [2.45, 2.75) is 13.0 Å². The first-order chi connectivity index (χ1) is 10.3. The highest BCUT2D eigenvalue weighted by molar-refractivity contribution is 5.44. The zero-order chi connectivity index (χ0) is 14.7. The fraction of sp³-hybridized carbons (Fsp3) is 0.353. The predicted molar refractivity (Wildman–Crippen MR) is 84.5 cm³/mol. The molecule has 0 saturated carbocycles. The first kappa shape index (κ1) is 14.0. The lowest BCUT2D eigenvalue weighted by atomic mass is 9.98. The molecule has 2 heterocycles. The summed E-state index contributed by atoms with van der Waals surface area (Å²) in [6.07, 6.45) is 0. The number of rotatable bonds is 3. The molecule has 0 amide bonds. The molecule has 1 aromatic carbocycles. The maximum absolute atomic E-state index is 6.37. The van der Waals surface area contributed by atoms with Gasteiger partial charge in [0.2, 0.25) is 0 Å². The van der Waals surface area contributed by atoms with Crippen LogP contribution in [0.3, 0.4) is 0 Å². The third-order valence-electron chi connectivity index (χ3n) is 3.94. The Morgan fingerprint density at radius 2 is 1.81 bits per heavy atom. The van der Waals surface area contributed by atoms with Crippen LogP contribution in [-0.4, -0.2) is 31.3 Å². The van der Waals surface area contributed by atoms with Gasteiger partial charge in [0.15, 0.2) is 0 Å². The van der Waals surface area contributed by atoms with Gasteiger partial charge >= 0.3 is 0 Å². The highest BCUT2D eigenvalue weighted by atomic mass is 16.5. The Labute approximate surface area is 125 Å². The second kappa shape index (κ2) is 6.24. The van der Waals surface area contributed by atoms with Crippen molar-refractivity contribution in [3.63, 3.8) is 0 Å². The molecular formula is C17H21N3O. The van der Waals surface area contributed by atoms with E-state index in [1.54, 1.807) is 0 Å². The van der Waals surface area contributed by atoms with Gasteiger partial charge in [-0.25, -0.2) is 4.98 Å². The molecule has 0 radical (unpaired) electrons. The Kier molecular flexibility index (Phi) is 4.18. The lowest BCUT2D eigenvalue weighted by molar-refractivity contribution is 0.122. The topological polar surface area (TPSA) is 51.4 Å². The summed E-state index contributed by atoms with van der Waals surface area (Å²) in [6, 6.07) is 14.2. The summed E-state index contributed by atoms with van der Waals surface area (Å²) < 4.78 is 5.38. The minimum absolute atomic E-state index is 0.127. The van der Waals surface area contributed by atoms with Gasteiger partial charge in [0.1, 0.15) is 5.82 Å². The van der Waals surface area contributed by atoms with E-state index in [2.05, 4.69) is 29.2 Å². The summed E-state index contributed by atoms with van der Waals surface area (Å²) in [4.78, 5) is 6.99. The Hall–Kier alpha value is -1.91. The first-order valence-corrected chi connectivity index (χ1v) is 7.36. The standard InChI is InChI=1S/C17H21N3O/c1-13-15(17(18)14-5-3-2-4-6-14)7-8-16(19-13)20-9-11-21-12-10-20/h2-8,17H,9-12,18H2,1H3/t17-/m1/s1. The zero-order valence-electron chi connectivity index (χ0n) is 12.3. The van der Waals surface area contributed by atoms with E-state index in [1.165, 1.54) is 0 Å². The normalized spacial score (nSPS) is 16.8. The summed E-state index contributed by atoms with van der Waals surface area (Å²) >= 11 is 0. The van der Waals surface area contributed by atoms with Crippen molar-refractivity contribution in [3.05, 3.63) is 59.3 Å². The van der Waals surface area contributed by atoms with Crippen molar-refractivity contribution in [1.82, 2.24) is 4.98 Å².